The highest BCUT2D eigenvalue weighted by atomic mass is 14.9. The number of hydrogen-bond donors (Lipinski definition) is 0. The second-order valence-electron chi connectivity index (χ2n) is 15.0. The zero-order chi connectivity index (χ0) is 38.2. The van der Waals surface area contributed by atoms with Gasteiger partial charge in [-0.25, -0.2) is 9.97 Å². The standard InChI is InChI=1S/C53H41N3/c1-35(12-11-31-54-4)36-21-25-39(26-22-36)50-34-51(56-52(55-50)43-16-9-15-42(32-43)45-19-10-14-38-13-5-6-17-44(38)45)40-27-23-37(24-28-40)41-29-30-47-46-18-7-8-20-48(46)53(2,3)49(47)33-41/h5-34H,4H2,1-3H3/b31-11-,35-12+. The van der Waals surface area contributed by atoms with Gasteiger partial charge in [0.15, 0.2) is 5.82 Å². The van der Waals surface area contributed by atoms with Gasteiger partial charge >= 0.3 is 0 Å². The molecule has 0 fully saturated rings. The summed E-state index contributed by atoms with van der Waals surface area (Å²) in [5.41, 5.74) is 17.1. The summed E-state index contributed by atoms with van der Waals surface area (Å²) < 4.78 is 0. The van der Waals surface area contributed by atoms with Crippen molar-refractivity contribution in [1.29, 1.82) is 0 Å². The van der Waals surface area contributed by atoms with Crippen LogP contribution in [0.2, 0.25) is 0 Å². The van der Waals surface area contributed by atoms with Gasteiger partial charge in [-0.05, 0) is 104 Å². The predicted molar refractivity (Wildman–Crippen MR) is 237 cm³/mol. The summed E-state index contributed by atoms with van der Waals surface area (Å²) in [5, 5.41) is 2.44. The van der Waals surface area contributed by atoms with E-state index in [-0.39, 0.29) is 5.41 Å². The average Bonchev–Trinajstić information content (AvgIpc) is 3.48. The number of aromatic nitrogens is 2. The number of allylic oxidation sites excluding steroid dienone is 3. The van der Waals surface area contributed by atoms with E-state index in [1.54, 1.807) is 6.20 Å². The minimum atomic E-state index is -0.0478. The fraction of sp³-hybridized carbons (Fsp3) is 0.0755. The summed E-state index contributed by atoms with van der Waals surface area (Å²) in [5.74, 6) is 0.686. The number of nitrogens with zero attached hydrogens (tertiary/aromatic N) is 3. The van der Waals surface area contributed by atoms with Crippen molar-refractivity contribution in [1.82, 2.24) is 9.97 Å². The van der Waals surface area contributed by atoms with Crippen molar-refractivity contribution in [3.05, 3.63) is 199 Å². The van der Waals surface area contributed by atoms with Crippen LogP contribution in [0.4, 0.5) is 0 Å². The van der Waals surface area contributed by atoms with Crippen molar-refractivity contribution in [2.45, 2.75) is 26.2 Å². The van der Waals surface area contributed by atoms with Gasteiger partial charge in [0.25, 0.3) is 0 Å². The Labute approximate surface area is 329 Å². The Balaban J connectivity index is 1.11. The maximum absolute atomic E-state index is 5.23. The quantitative estimate of drug-likeness (QED) is 0.116. The summed E-state index contributed by atoms with van der Waals surface area (Å²) in [6, 6.07) is 58.8. The maximum atomic E-state index is 5.23. The molecule has 9 rings (SSSR count). The third kappa shape index (κ3) is 6.37. The fourth-order valence-electron chi connectivity index (χ4n) is 8.14. The van der Waals surface area contributed by atoms with Gasteiger partial charge in [-0.2, -0.15) is 0 Å². The SMILES string of the molecule is C=N/C=C\C=C(/C)c1ccc(-c2cc(-c3ccc(-c4ccc5c(c4)C(C)(C)c4ccccc4-5)cc3)nc(-c3cccc(-c4cccc5ccccc45)c3)n2)cc1. The van der Waals surface area contributed by atoms with Gasteiger partial charge in [-0.3, -0.25) is 4.99 Å². The smallest absolute Gasteiger partial charge is 0.160 e. The maximum Gasteiger partial charge on any atom is 0.160 e. The van der Waals surface area contributed by atoms with E-state index in [9.17, 15) is 0 Å². The molecule has 0 spiro atoms. The molecule has 7 aromatic carbocycles. The normalized spacial score (nSPS) is 13.2. The van der Waals surface area contributed by atoms with Gasteiger partial charge in [0.05, 0.1) is 11.4 Å². The van der Waals surface area contributed by atoms with Crippen LogP contribution in [-0.4, -0.2) is 16.7 Å². The van der Waals surface area contributed by atoms with Gasteiger partial charge in [0.1, 0.15) is 0 Å². The molecular weight excluding hydrogens is 679 g/mol. The molecule has 268 valence electrons. The molecule has 3 nitrogen and oxygen atoms in total. The number of fused-ring (bicyclic) bond motifs is 4. The summed E-state index contributed by atoms with van der Waals surface area (Å²) >= 11 is 0. The van der Waals surface area contributed by atoms with E-state index in [2.05, 4.69) is 196 Å². The van der Waals surface area contributed by atoms with E-state index >= 15 is 0 Å². The molecule has 0 saturated carbocycles. The van der Waals surface area contributed by atoms with Crippen LogP contribution < -0.4 is 0 Å². The molecule has 0 unspecified atom stereocenters. The van der Waals surface area contributed by atoms with Crippen LogP contribution in [0.1, 0.15) is 37.5 Å². The average molecular weight is 720 g/mol. The van der Waals surface area contributed by atoms with E-state index in [4.69, 9.17) is 9.97 Å². The van der Waals surface area contributed by atoms with Crippen LogP contribution in [0, 0.1) is 0 Å². The van der Waals surface area contributed by atoms with Crippen LogP contribution in [0.25, 0.3) is 83.6 Å². The lowest BCUT2D eigenvalue weighted by Crippen LogP contribution is -2.14. The molecule has 1 aromatic heterocycles. The summed E-state index contributed by atoms with van der Waals surface area (Å²) in [6.45, 7) is 10.3. The van der Waals surface area contributed by atoms with E-state index in [1.807, 2.05) is 12.2 Å². The van der Waals surface area contributed by atoms with Crippen LogP contribution >= 0.6 is 0 Å². The molecule has 0 saturated heterocycles. The number of hydrogen-bond acceptors (Lipinski definition) is 3. The van der Waals surface area contributed by atoms with E-state index < -0.39 is 0 Å². The van der Waals surface area contributed by atoms with Gasteiger partial charge in [0.2, 0.25) is 0 Å². The van der Waals surface area contributed by atoms with Crippen LogP contribution in [0.5, 0.6) is 0 Å². The first-order valence-electron chi connectivity index (χ1n) is 19.1. The number of rotatable bonds is 8. The Kier molecular flexibility index (Phi) is 8.91. The minimum Gasteiger partial charge on any atom is -0.273 e. The van der Waals surface area contributed by atoms with Crippen molar-refractivity contribution in [3.63, 3.8) is 0 Å². The zero-order valence-corrected chi connectivity index (χ0v) is 31.9. The highest BCUT2D eigenvalue weighted by Crippen LogP contribution is 2.49. The number of aliphatic imine (C=N–C) groups is 1. The topological polar surface area (TPSA) is 38.1 Å². The molecule has 0 radical (unpaired) electrons. The molecular formula is C53H41N3. The van der Waals surface area contributed by atoms with E-state index in [1.165, 1.54) is 49.7 Å². The molecule has 1 aliphatic rings. The Morgan fingerprint density at radius 2 is 1.14 bits per heavy atom. The summed E-state index contributed by atoms with van der Waals surface area (Å²) in [6.07, 6.45) is 5.63. The Hall–Kier alpha value is -6.97. The van der Waals surface area contributed by atoms with Gasteiger partial charge in [-0.1, -0.05) is 166 Å². The predicted octanol–water partition coefficient (Wildman–Crippen LogP) is 13.9. The van der Waals surface area contributed by atoms with Crippen LogP contribution in [0.3, 0.4) is 0 Å². The first-order valence-corrected chi connectivity index (χ1v) is 19.1. The number of benzene rings is 7. The molecule has 56 heavy (non-hydrogen) atoms. The molecule has 3 heteroatoms. The van der Waals surface area contributed by atoms with Crippen molar-refractivity contribution in [3.8, 4) is 67.3 Å². The van der Waals surface area contributed by atoms with E-state index in [0.717, 1.165) is 44.8 Å². The fourth-order valence-corrected chi connectivity index (χ4v) is 8.14. The van der Waals surface area contributed by atoms with Crippen molar-refractivity contribution in [2.75, 3.05) is 0 Å². The van der Waals surface area contributed by atoms with Gasteiger partial charge in [-0.15, -0.1) is 0 Å². The molecule has 8 aromatic rings. The molecule has 0 amide bonds. The highest BCUT2D eigenvalue weighted by molar-refractivity contribution is 5.97. The Morgan fingerprint density at radius 1 is 0.536 bits per heavy atom. The molecule has 1 aliphatic carbocycles. The third-order valence-electron chi connectivity index (χ3n) is 11.2. The largest absolute Gasteiger partial charge is 0.273 e. The Bertz CT molecular complexity index is 2830. The van der Waals surface area contributed by atoms with Gasteiger partial charge < -0.3 is 0 Å². The van der Waals surface area contributed by atoms with Crippen molar-refractivity contribution in [2.24, 2.45) is 4.99 Å². The first kappa shape index (κ1) is 34.8. The lowest BCUT2D eigenvalue weighted by atomic mass is 9.81. The molecule has 1 heterocycles. The summed E-state index contributed by atoms with van der Waals surface area (Å²) in [7, 11) is 0. The second kappa shape index (κ2) is 14.4. The molecule has 0 bridgehead atoms. The second-order valence-corrected chi connectivity index (χ2v) is 15.0. The molecule has 0 N–H and O–H groups in total. The van der Waals surface area contributed by atoms with Crippen LogP contribution in [0.15, 0.2) is 187 Å². The molecule has 0 atom stereocenters. The molecule has 0 aliphatic heterocycles. The summed E-state index contributed by atoms with van der Waals surface area (Å²) in [4.78, 5) is 14.3. The van der Waals surface area contributed by atoms with Crippen molar-refractivity contribution >= 4 is 23.1 Å². The highest BCUT2D eigenvalue weighted by Gasteiger charge is 2.35. The van der Waals surface area contributed by atoms with E-state index in [0.29, 0.717) is 5.82 Å². The van der Waals surface area contributed by atoms with Crippen molar-refractivity contribution < 1.29 is 0 Å². The zero-order valence-electron chi connectivity index (χ0n) is 31.9. The lowest BCUT2D eigenvalue weighted by molar-refractivity contribution is 0.660. The minimum absolute atomic E-state index is 0.0478. The third-order valence-corrected chi connectivity index (χ3v) is 11.2. The lowest BCUT2D eigenvalue weighted by Gasteiger charge is -2.22. The Morgan fingerprint density at radius 3 is 1.93 bits per heavy atom. The first-order chi connectivity index (χ1) is 27.4. The van der Waals surface area contributed by atoms with Crippen LogP contribution in [-0.2, 0) is 5.41 Å². The monoisotopic (exact) mass is 719 g/mol. The van der Waals surface area contributed by atoms with Gasteiger partial charge in [0, 0.05) is 28.3 Å².